The molecular formula is C42H80O6. The summed E-state index contributed by atoms with van der Waals surface area (Å²) >= 11 is 0. The molecule has 0 aromatic heterocycles. The zero-order chi connectivity index (χ0) is 35.5. The Kier molecular flexibility index (Phi) is 34.1. The van der Waals surface area contributed by atoms with E-state index in [1.165, 1.54) is 109 Å². The summed E-state index contributed by atoms with van der Waals surface area (Å²) in [5.41, 5.74) is 0. The van der Waals surface area contributed by atoms with Gasteiger partial charge >= 0.3 is 17.9 Å². The van der Waals surface area contributed by atoms with Gasteiger partial charge in [0.1, 0.15) is 13.2 Å². The summed E-state index contributed by atoms with van der Waals surface area (Å²) < 4.78 is 16.6. The first-order valence-corrected chi connectivity index (χ1v) is 20.7. The Morgan fingerprint density at radius 2 is 0.688 bits per heavy atom. The highest BCUT2D eigenvalue weighted by atomic mass is 16.6. The first-order chi connectivity index (χ1) is 23.2. The Morgan fingerprint density at radius 1 is 0.396 bits per heavy atom. The number of hydrogen-bond donors (Lipinski definition) is 0. The predicted octanol–water partition coefficient (Wildman–Crippen LogP) is 12.6. The van der Waals surface area contributed by atoms with Crippen LogP contribution in [0.4, 0.5) is 0 Å². The van der Waals surface area contributed by atoms with E-state index in [9.17, 15) is 14.4 Å². The molecule has 0 radical (unpaired) electrons. The quantitative estimate of drug-likeness (QED) is 0.0372. The third kappa shape index (κ3) is 35.7. The summed E-state index contributed by atoms with van der Waals surface area (Å²) in [6, 6.07) is 0. The molecule has 0 aliphatic heterocycles. The van der Waals surface area contributed by atoms with E-state index in [-0.39, 0.29) is 31.1 Å². The lowest BCUT2D eigenvalue weighted by Crippen LogP contribution is -2.30. The molecule has 0 aliphatic carbocycles. The molecule has 48 heavy (non-hydrogen) atoms. The summed E-state index contributed by atoms with van der Waals surface area (Å²) in [6.07, 6.45) is 31.0. The van der Waals surface area contributed by atoms with Crippen molar-refractivity contribution in [1.29, 1.82) is 0 Å². The van der Waals surface area contributed by atoms with E-state index in [1.807, 2.05) is 0 Å². The van der Waals surface area contributed by atoms with Crippen LogP contribution in [0.25, 0.3) is 0 Å². The molecule has 0 saturated heterocycles. The molecule has 0 bridgehead atoms. The molecule has 0 spiro atoms. The number of hydrogen-bond acceptors (Lipinski definition) is 6. The zero-order valence-electron chi connectivity index (χ0n) is 32.6. The molecular weight excluding hydrogens is 600 g/mol. The van der Waals surface area contributed by atoms with E-state index in [2.05, 4.69) is 34.6 Å². The molecule has 0 heterocycles. The molecule has 0 rings (SSSR count). The van der Waals surface area contributed by atoms with Gasteiger partial charge in [-0.05, 0) is 31.1 Å². The van der Waals surface area contributed by atoms with Crippen molar-refractivity contribution in [2.24, 2.45) is 11.8 Å². The van der Waals surface area contributed by atoms with E-state index in [0.717, 1.165) is 69.6 Å². The fourth-order valence-electron chi connectivity index (χ4n) is 6.05. The summed E-state index contributed by atoms with van der Waals surface area (Å²) in [5.74, 6) is 0.696. The second-order valence-corrected chi connectivity index (χ2v) is 15.2. The molecule has 0 saturated carbocycles. The molecule has 0 amide bonds. The average molecular weight is 681 g/mol. The normalized spacial score (nSPS) is 12.1. The number of carbonyl (C=O) groups excluding carboxylic acids is 3. The minimum atomic E-state index is -0.759. The molecule has 0 aliphatic rings. The predicted molar refractivity (Wildman–Crippen MR) is 201 cm³/mol. The largest absolute Gasteiger partial charge is 0.462 e. The van der Waals surface area contributed by atoms with E-state index in [4.69, 9.17) is 14.2 Å². The van der Waals surface area contributed by atoms with Crippen molar-refractivity contribution in [2.75, 3.05) is 13.2 Å². The fraction of sp³-hybridized carbons (Fsp3) is 0.929. The van der Waals surface area contributed by atoms with Crippen molar-refractivity contribution in [3.63, 3.8) is 0 Å². The monoisotopic (exact) mass is 681 g/mol. The molecule has 1 atom stereocenters. The smallest absolute Gasteiger partial charge is 0.306 e. The Bertz CT molecular complexity index is 734. The van der Waals surface area contributed by atoms with Gasteiger partial charge in [-0.2, -0.15) is 0 Å². The van der Waals surface area contributed by atoms with Gasteiger partial charge in [0, 0.05) is 19.3 Å². The lowest BCUT2D eigenvalue weighted by atomic mass is 10.0. The highest BCUT2D eigenvalue weighted by Gasteiger charge is 2.19. The van der Waals surface area contributed by atoms with E-state index in [0.29, 0.717) is 19.3 Å². The number of carbonyl (C=O) groups is 3. The van der Waals surface area contributed by atoms with Crippen LogP contribution < -0.4 is 0 Å². The van der Waals surface area contributed by atoms with Crippen molar-refractivity contribution in [3.8, 4) is 0 Å². The average Bonchev–Trinajstić information content (AvgIpc) is 3.05. The van der Waals surface area contributed by atoms with E-state index in [1.54, 1.807) is 0 Å². The van der Waals surface area contributed by atoms with Crippen molar-refractivity contribution in [1.82, 2.24) is 0 Å². The van der Waals surface area contributed by atoms with Crippen LogP contribution in [-0.2, 0) is 28.6 Å². The summed E-state index contributed by atoms with van der Waals surface area (Å²) in [7, 11) is 0. The van der Waals surface area contributed by atoms with Gasteiger partial charge in [0.2, 0.25) is 0 Å². The molecule has 6 nitrogen and oxygen atoms in total. The topological polar surface area (TPSA) is 78.9 Å². The van der Waals surface area contributed by atoms with Crippen LogP contribution in [0.2, 0.25) is 0 Å². The SMILES string of the molecule is CCCCCCCCCCCC(=O)OC[C@H](COC(=O)CCCCCCCCCCCC(C)C)OC(=O)CCCCCCCCC(C)C. The molecule has 6 heteroatoms. The van der Waals surface area contributed by atoms with Crippen LogP contribution in [0.1, 0.15) is 221 Å². The second-order valence-electron chi connectivity index (χ2n) is 15.2. The van der Waals surface area contributed by atoms with Gasteiger partial charge in [-0.1, -0.05) is 182 Å². The second kappa shape index (κ2) is 35.2. The molecule has 0 N–H and O–H groups in total. The first-order valence-electron chi connectivity index (χ1n) is 20.7. The molecule has 284 valence electrons. The van der Waals surface area contributed by atoms with Crippen LogP contribution in [0.5, 0.6) is 0 Å². The maximum absolute atomic E-state index is 12.6. The van der Waals surface area contributed by atoms with Gasteiger partial charge in [-0.15, -0.1) is 0 Å². The Hall–Kier alpha value is -1.59. The van der Waals surface area contributed by atoms with Gasteiger partial charge < -0.3 is 14.2 Å². The summed E-state index contributed by atoms with van der Waals surface area (Å²) in [6.45, 7) is 11.2. The number of ether oxygens (including phenoxy) is 3. The van der Waals surface area contributed by atoms with Crippen LogP contribution in [0.15, 0.2) is 0 Å². The number of rotatable bonds is 36. The third-order valence-electron chi connectivity index (χ3n) is 9.22. The molecule has 0 fully saturated rings. The fourth-order valence-corrected chi connectivity index (χ4v) is 6.05. The Balaban J connectivity index is 4.33. The zero-order valence-corrected chi connectivity index (χ0v) is 32.6. The van der Waals surface area contributed by atoms with Crippen LogP contribution in [-0.4, -0.2) is 37.2 Å². The van der Waals surface area contributed by atoms with E-state index < -0.39 is 6.10 Å². The first kappa shape index (κ1) is 46.4. The number of esters is 3. The minimum absolute atomic E-state index is 0.0669. The van der Waals surface area contributed by atoms with Crippen LogP contribution in [0, 0.1) is 11.8 Å². The lowest BCUT2D eigenvalue weighted by Gasteiger charge is -2.18. The maximum atomic E-state index is 12.6. The molecule has 0 aromatic carbocycles. The molecule has 0 aromatic rings. The molecule has 0 unspecified atom stereocenters. The van der Waals surface area contributed by atoms with E-state index >= 15 is 0 Å². The van der Waals surface area contributed by atoms with Crippen LogP contribution >= 0.6 is 0 Å². The van der Waals surface area contributed by atoms with Gasteiger partial charge in [0.05, 0.1) is 0 Å². The number of unbranched alkanes of at least 4 members (excludes halogenated alkanes) is 21. The van der Waals surface area contributed by atoms with Gasteiger partial charge in [-0.3, -0.25) is 14.4 Å². The highest BCUT2D eigenvalue weighted by Crippen LogP contribution is 2.15. The highest BCUT2D eigenvalue weighted by molar-refractivity contribution is 5.71. The Morgan fingerprint density at radius 3 is 1.02 bits per heavy atom. The van der Waals surface area contributed by atoms with Gasteiger partial charge in [0.25, 0.3) is 0 Å². The Labute approximate surface area is 298 Å². The van der Waals surface area contributed by atoms with Crippen molar-refractivity contribution in [2.45, 2.75) is 227 Å². The van der Waals surface area contributed by atoms with Crippen molar-refractivity contribution >= 4 is 17.9 Å². The third-order valence-corrected chi connectivity index (χ3v) is 9.22. The summed E-state index contributed by atoms with van der Waals surface area (Å²) in [4.78, 5) is 37.4. The standard InChI is InChI=1S/C42H80O6/c1-6-7-8-9-10-12-16-22-27-32-40(43)46-35-39(48-42(45)34-29-24-19-18-21-26-31-38(4)5)36-47-41(44)33-28-23-17-14-11-13-15-20-25-30-37(2)3/h37-39H,6-36H2,1-5H3/t39-/m1/s1. The maximum Gasteiger partial charge on any atom is 0.306 e. The minimum Gasteiger partial charge on any atom is -0.462 e. The summed E-state index contributed by atoms with van der Waals surface area (Å²) in [5, 5.41) is 0. The van der Waals surface area contributed by atoms with Gasteiger partial charge in [0.15, 0.2) is 6.10 Å². The van der Waals surface area contributed by atoms with Crippen LogP contribution in [0.3, 0.4) is 0 Å². The van der Waals surface area contributed by atoms with Crippen molar-refractivity contribution < 1.29 is 28.6 Å². The van der Waals surface area contributed by atoms with Crippen molar-refractivity contribution in [3.05, 3.63) is 0 Å². The van der Waals surface area contributed by atoms with Gasteiger partial charge in [-0.25, -0.2) is 0 Å². The lowest BCUT2D eigenvalue weighted by molar-refractivity contribution is -0.167.